The van der Waals surface area contributed by atoms with Gasteiger partial charge in [-0.15, -0.1) is 0 Å². The Bertz CT molecular complexity index is 292. The van der Waals surface area contributed by atoms with Crippen molar-refractivity contribution in [3.63, 3.8) is 0 Å². The van der Waals surface area contributed by atoms with E-state index in [4.69, 9.17) is 10.2 Å². The molecular formula is C13H26N2O4. The normalized spacial score (nSPS) is 12.8. The minimum Gasteiger partial charge on any atom is -0.480 e. The lowest BCUT2D eigenvalue weighted by Gasteiger charge is -2.25. The molecule has 0 aliphatic heterocycles. The summed E-state index contributed by atoms with van der Waals surface area (Å²) in [5.74, 6) is -1.25. The third-order valence-electron chi connectivity index (χ3n) is 2.97. The summed E-state index contributed by atoms with van der Waals surface area (Å²) in [7, 11) is 0. The van der Waals surface area contributed by atoms with Gasteiger partial charge in [-0.05, 0) is 11.8 Å². The first kappa shape index (κ1) is 17.7. The summed E-state index contributed by atoms with van der Waals surface area (Å²) in [5.41, 5.74) is -0.0234. The monoisotopic (exact) mass is 274 g/mol. The van der Waals surface area contributed by atoms with Gasteiger partial charge < -0.3 is 20.8 Å². The first-order valence-corrected chi connectivity index (χ1v) is 6.70. The van der Waals surface area contributed by atoms with Crippen molar-refractivity contribution < 1.29 is 19.8 Å². The highest BCUT2D eigenvalue weighted by Crippen LogP contribution is 2.22. The molecule has 0 saturated heterocycles. The maximum Gasteiger partial charge on any atom is 0.328 e. The van der Waals surface area contributed by atoms with Gasteiger partial charge in [0.1, 0.15) is 0 Å². The predicted octanol–water partition coefficient (Wildman–Crippen LogP) is 1.34. The Balaban J connectivity index is 4.03. The van der Waals surface area contributed by atoms with Gasteiger partial charge in [-0.1, -0.05) is 40.0 Å². The van der Waals surface area contributed by atoms with Gasteiger partial charge in [0.05, 0.1) is 6.61 Å². The van der Waals surface area contributed by atoms with Crippen molar-refractivity contribution in [2.45, 2.75) is 52.5 Å². The van der Waals surface area contributed by atoms with Crippen molar-refractivity contribution in [2.75, 3.05) is 13.2 Å². The van der Waals surface area contributed by atoms with Gasteiger partial charge in [-0.2, -0.15) is 0 Å². The van der Waals surface area contributed by atoms with E-state index in [-0.39, 0.29) is 5.41 Å². The van der Waals surface area contributed by atoms with E-state index in [0.29, 0.717) is 6.54 Å². The van der Waals surface area contributed by atoms with E-state index in [1.54, 1.807) is 0 Å². The second-order valence-corrected chi connectivity index (χ2v) is 5.52. The minimum atomic E-state index is -1.26. The standard InChI is InChI=1S/C13H26N2O4/c1-4-5-6-7-13(2,3)9-14-12(19)15-10(8-16)11(17)18/h10,16H,4-9H2,1-3H3,(H,17,18)(H2,14,15,19). The van der Waals surface area contributed by atoms with Gasteiger partial charge in [0, 0.05) is 6.54 Å². The average Bonchev–Trinajstić information content (AvgIpc) is 2.33. The topological polar surface area (TPSA) is 98.7 Å². The number of urea groups is 1. The number of carboxylic acid groups (broad SMARTS) is 1. The first-order chi connectivity index (χ1) is 8.82. The largest absolute Gasteiger partial charge is 0.480 e. The van der Waals surface area contributed by atoms with Crippen molar-refractivity contribution in [2.24, 2.45) is 5.41 Å². The van der Waals surface area contributed by atoms with Crippen molar-refractivity contribution in [3.05, 3.63) is 0 Å². The summed E-state index contributed by atoms with van der Waals surface area (Å²) in [5, 5.41) is 22.3. The number of rotatable bonds is 9. The lowest BCUT2D eigenvalue weighted by Crippen LogP contribution is -2.49. The van der Waals surface area contributed by atoms with Crippen LogP contribution in [0.3, 0.4) is 0 Å². The molecule has 0 spiro atoms. The molecule has 2 amide bonds. The zero-order valence-corrected chi connectivity index (χ0v) is 12.0. The molecule has 6 heteroatoms. The van der Waals surface area contributed by atoms with E-state index < -0.39 is 24.6 Å². The van der Waals surface area contributed by atoms with Crippen LogP contribution >= 0.6 is 0 Å². The van der Waals surface area contributed by atoms with Crippen molar-refractivity contribution in [3.8, 4) is 0 Å². The molecular weight excluding hydrogens is 248 g/mol. The van der Waals surface area contributed by atoms with E-state index >= 15 is 0 Å². The molecule has 0 fully saturated rings. The summed E-state index contributed by atoms with van der Waals surface area (Å²) < 4.78 is 0. The Morgan fingerprint density at radius 1 is 1.26 bits per heavy atom. The van der Waals surface area contributed by atoms with Crippen LogP contribution in [0.25, 0.3) is 0 Å². The van der Waals surface area contributed by atoms with Gasteiger partial charge in [0.2, 0.25) is 0 Å². The predicted molar refractivity (Wildman–Crippen MR) is 73.0 cm³/mol. The van der Waals surface area contributed by atoms with Crippen molar-refractivity contribution >= 4 is 12.0 Å². The molecule has 0 aliphatic rings. The number of carbonyl (C=O) groups excluding carboxylic acids is 1. The van der Waals surface area contributed by atoms with Crippen LogP contribution in [0.15, 0.2) is 0 Å². The first-order valence-electron chi connectivity index (χ1n) is 6.70. The van der Waals surface area contributed by atoms with Crippen molar-refractivity contribution in [1.29, 1.82) is 0 Å². The molecule has 0 rings (SSSR count). The number of aliphatic carboxylic acids is 1. The highest BCUT2D eigenvalue weighted by atomic mass is 16.4. The fraction of sp³-hybridized carbons (Fsp3) is 0.846. The number of hydrogen-bond acceptors (Lipinski definition) is 3. The molecule has 1 atom stereocenters. The lowest BCUT2D eigenvalue weighted by atomic mass is 9.87. The smallest absolute Gasteiger partial charge is 0.328 e. The summed E-state index contributed by atoms with van der Waals surface area (Å²) in [6.45, 7) is 6.11. The third-order valence-corrected chi connectivity index (χ3v) is 2.97. The lowest BCUT2D eigenvalue weighted by molar-refractivity contribution is -0.140. The number of hydrogen-bond donors (Lipinski definition) is 4. The molecule has 0 bridgehead atoms. The molecule has 0 saturated carbocycles. The van der Waals surface area contributed by atoms with Crippen LogP contribution in [0.5, 0.6) is 0 Å². The number of carbonyl (C=O) groups is 2. The summed E-state index contributed by atoms with van der Waals surface area (Å²) in [6, 6.07) is -1.83. The van der Waals surface area contributed by atoms with Crippen LogP contribution in [-0.2, 0) is 4.79 Å². The number of carboxylic acids is 1. The van der Waals surface area contributed by atoms with Crippen LogP contribution in [0, 0.1) is 5.41 Å². The zero-order chi connectivity index (χ0) is 14.9. The van der Waals surface area contributed by atoms with Crippen LogP contribution in [-0.4, -0.2) is 41.4 Å². The quantitative estimate of drug-likeness (QED) is 0.477. The highest BCUT2D eigenvalue weighted by Gasteiger charge is 2.21. The molecule has 0 radical (unpaired) electrons. The Labute approximate surface area is 114 Å². The number of nitrogens with one attached hydrogen (secondary N) is 2. The van der Waals surface area contributed by atoms with Crippen LogP contribution in [0.1, 0.15) is 46.5 Å². The Hall–Kier alpha value is -1.30. The Kier molecular flexibility index (Phi) is 8.14. The number of unbranched alkanes of at least 4 members (excludes halogenated alkanes) is 2. The van der Waals surface area contributed by atoms with Crippen molar-refractivity contribution in [1.82, 2.24) is 10.6 Å². The van der Waals surface area contributed by atoms with Gasteiger partial charge >= 0.3 is 12.0 Å². The van der Waals surface area contributed by atoms with E-state index in [9.17, 15) is 9.59 Å². The highest BCUT2D eigenvalue weighted by molar-refractivity contribution is 5.82. The summed E-state index contributed by atoms with van der Waals surface area (Å²) in [4.78, 5) is 22.1. The molecule has 19 heavy (non-hydrogen) atoms. The number of aliphatic hydroxyl groups is 1. The van der Waals surface area contributed by atoms with Gasteiger partial charge in [0.15, 0.2) is 6.04 Å². The molecule has 6 nitrogen and oxygen atoms in total. The Morgan fingerprint density at radius 3 is 2.37 bits per heavy atom. The van der Waals surface area contributed by atoms with E-state index in [0.717, 1.165) is 19.3 Å². The number of amides is 2. The molecule has 0 heterocycles. The fourth-order valence-corrected chi connectivity index (χ4v) is 1.66. The maximum atomic E-state index is 11.5. The fourth-order valence-electron chi connectivity index (χ4n) is 1.66. The zero-order valence-electron chi connectivity index (χ0n) is 12.0. The second-order valence-electron chi connectivity index (χ2n) is 5.52. The number of aliphatic hydroxyl groups excluding tert-OH is 1. The summed E-state index contributed by atoms with van der Waals surface area (Å²) >= 11 is 0. The molecule has 0 aromatic rings. The van der Waals surface area contributed by atoms with E-state index in [1.807, 2.05) is 0 Å². The van der Waals surface area contributed by atoms with Crippen LogP contribution in [0.2, 0.25) is 0 Å². The molecule has 0 aromatic carbocycles. The van der Waals surface area contributed by atoms with E-state index in [2.05, 4.69) is 31.4 Å². The summed E-state index contributed by atoms with van der Waals surface area (Å²) in [6.07, 6.45) is 4.44. The van der Waals surface area contributed by atoms with Crippen LogP contribution in [0.4, 0.5) is 4.79 Å². The second kappa shape index (κ2) is 8.74. The molecule has 4 N–H and O–H groups in total. The van der Waals surface area contributed by atoms with Gasteiger partial charge in [0.25, 0.3) is 0 Å². The third kappa shape index (κ3) is 8.42. The molecule has 0 aliphatic carbocycles. The molecule has 112 valence electrons. The SMILES string of the molecule is CCCCCC(C)(C)CNC(=O)NC(CO)C(=O)O. The average molecular weight is 274 g/mol. The van der Waals surface area contributed by atoms with Gasteiger partial charge in [-0.25, -0.2) is 9.59 Å². The molecule has 1 unspecified atom stereocenters. The Morgan fingerprint density at radius 2 is 1.89 bits per heavy atom. The molecule has 0 aromatic heterocycles. The maximum absolute atomic E-state index is 11.5. The van der Waals surface area contributed by atoms with Crippen LogP contribution < -0.4 is 10.6 Å². The van der Waals surface area contributed by atoms with Gasteiger partial charge in [-0.3, -0.25) is 0 Å². The minimum absolute atomic E-state index is 0.0234. The van der Waals surface area contributed by atoms with E-state index in [1.165, 1.54) is 6.42 Å².